The number of aryl methyl sites for hydroxylation is 1. The molecule has 0 saturated heterocycles. The first-order valence-electron chi connectivity index (χ1n) is 8.91. The summed E-state index contributed by atoms with van der Waals surface area (Å²) in [5.74, 6) is 0.360. The molecule has 0 bridgehead atoms. The topological polar surface area (TPSA) is 77.0 Å². The highest BCUT2D eigenvalue weighted by atomic mass is 16.5. The molecule has 146 valence electrons. The Balaban J connectivity index is 1.55. The van der Waals surface area contributed by atoms with Crippen LogP contribution in [0.5, 0.6) is 11.5 Å². The first kappa shape index (κ1) is 19.8. The molecule has 1 N–H and O–H groups in total. The molecule has 0 atom stereocenters. The van der Waals surface area contributed by atoms with Gasteiger partial charge in [-0.15, -0.1) is 0 Å². The van der Waals surface area contributed by atoms with Crippen LogP contribution in [-0.4, -0.2) is 25.2 Å². The molecular formula is C23H20N2O4. The summed E-state index contributed by atoms with van der Waals surface area (Å²) < 4.78 is 10.4. The van der Waals surface area contributed by atoms with Gasteiger partial charge in [0.1, 0.15) is 11.5 Å². The number of methoxy groups -OCH3 is 1. The Bertz CT molecular complexity index is 1030. The summed E-state index contributed by atoms with van der Waals surface area (Å²) in [6.45, 7) is 1.92. The SMILES string of the molecule is COc1ccc(C(=O)N/N=C\c2ccc(OC(=O)c3cccc(C)c3)cc2)cc1. The number of nitrogens with zero attached hydrogens (tertiary/aromatic N) is 1. The summed E-state index contributed by atoms with van der Waals surface area (Å²) >= 11 is 0. The molecule has 0 aliphatic carbocycles. The second-order valence-electron chi connectivity index (χ2n) is 6.26. The first-order valence-corrected chi connectivity index (χ1v) is 8.91. The van der Waals surface area contributed by atoms with Gasteiger partial charge in [-0.1, -0.05) is 17.7 Å². The zero-order chi connectivity index (χ0) is 20.6. The van der Waals surface area contributed by atoms with Crippen LogP contribution in [0.2, 0.25) is 0 Å². The average Bonchev–Trinajstić information content (AvgIpc) is 2.75. The number of hydrazone groups is 1. The van der Waals surface area contributed by atoms with E-state index in [0.717, 1.165) is 11.1 Å². The number of carbonyl (C=O) groups is 2. The molecule has 29 heavy (non-hydrogen) atoms. The van der Waals surface area contributed by atoms with Gasteiger partial charge >= 0.3 is 5.97 Å². The van der Waals surface area contributed by atoms with Crippen LogP contribution in [0.25, 0.3) is 0 Å². The summed E-state index contributed by atoms with van der Waals surface area (Å²) in [5, 5.41) is 3.94. The highest BCUT2D eigenvalue weighted by Gasteiger charge is 2.08. The number of amides is 1. The van der Waals surface area contributed by atoms with Gasteiger partial charge in [0.2, 0.25) is 0 Å². The molecule has 6 nitrogen and oxygen atoms in total. The number of benzene rings is 3. The summed E-state index contributed by atoms with van der Waals surface area (Å²) in [4.78, 5) is 24.2. The van der Waals surface area contributed by atoms with Crippen molar-refractivity contribution in [3.05, 3.63) is 95.1 Å². The number of hydrogen-bond donors (Lipinski definition) is 1. The van der Waals surface area contributed by atoms with Gasteiger partial charge in [-0.2, -0.15) is 5.10 Å². The van der Waals surface area contributed by atoms with Gasteiger partial charge in [-0.25, -0.2) is 10.2 Å². The number of carbonyl (C=O) groups excluding carboxylic acids is 2. The fraction of sp³-hybridized carbons (Fsp3) is 0.0870. The first-order chi connectivity index (χ1) is 14.0. The van der Waals surface area contributed by atoms with Crippen molar-refractivity contribution >= 4 is 18.1 Å². The lowest BCUT2D eigenvalue weighted by molar-refractivity contribution is 0.0734. The Morgan fingerprint density at radius 1 is 0.897 bits per heavy atom. The van der Waals surface area contributed by atoms with Gasteiger partial charge in [-0.3, -0.25) is 4.79 Å². The minimum atomic E-state index is -0.415. The second kappa shape index (κ2) is 9.32. The predicted molar refractivity (Wildman–Crippen MR) is 111 cm³/mol. The standard InChI is InChI=1S/C23H20N2O4/c1-16-4-3-5-19(14-16)23(27)29-21-10-6-17(7-11-21)15-24-25-22(26)18-8-12-20(28-2)13-9-18/h3-15H,1-2H3,(H,25,26)/b24-15-. The number of nitrogens with one attached hydrogen (secondary N) is 1. The molecule has 0 fully saturated rings. The van der Waals surface area contributed by atoms with Gasteiger partial charge in [-0.05, 0) is 73.2 Å². The van der Waals surface area contributed by atoms with E-state index in [1.54, 1.807) is 67.8 Å². The normalized spacial score (nSPS) is 10.6. The van der Waals surface area contributed by atoms with Gasteiger partial charge in [0, 0.05) is 5.56 Å². The second-order valence-corrected chi connectivity index (χ2v) is 6.26. The van der Waals surface area contributed by atoms with Gasteiger partial charge < -0.3 is 9.47 Å². The lowest BCUT2D eigenvalue weighted by Crippen LogP contribution is -2.17. The lowest BCUT2D eigenvalue weighted by Gasteiger charge is -2.05. The summed E-state index contributed by atoms with van der Waals surface area (Å²) in [6.07, 6.45) is 1.51. The summed E-state index contributed by atoms with van der Waals surface area (Å²) in [5.41, 5.74) is 5.17. The molecule has 3 aromatic carbocycles. The monoisotopic (exact) mass is 388 g/mol. The van der Waals surface area contributed by atoms with Crippen LogP contribution in [0, 0.1) is 6.92 Å². The Morgan fingerprint density at radius 2 is 1.59 bits per heavy atom. The molecule has 3 rings (SSSR count). The molecule has 0 aromatic heterocycles. The van der Waals surface area contributed by atoms with Crippen molar-refractivity contribution in [3.63, 3.8) is 0 Å². The number of hydrogen-bond acceptors (Lipinski definition) is 5. The molecule has 0 aliphatic rings. The van der Waals surface area contributed by atoms with Crippen LogP contribution in [0.4, 0.5) is 0 Å². The van der Waals surface area contributed by atoms with Crippen molar-refractivity contribution in [2.45, 2.75) is 6.92 Å². The lowest BCUT2D eigenvalue weighted by atomic mass is 10.1. The summed E-state index contributed by atoms with van der Waals surface area (Å²) in [7, 11) is 1.56. The van der Waals surface area contributed by atoms with E-state index in [4.69, 9.17) is 9.47 Å². The van der Waals surface area contributed by atoms with E-state index < -0.39 is 5.97 Å². The quantitative estimate of drug-likeness (QED) is 0.300. The van der Waals surface area contributed by atoms with Gasteiger partial charge in [0.25, 0.3) is 5.91 Å². The Kier molecular flexibility index (Phi) is 6.37. The van der Waals surface area contributed by atoms with E-state index >= 15 is 0 Å². The molecule has 6 heteroatoms. The van der Waals surface area contributed by atoms with E-state index in [1.807, 2.05) is 19.1 Å². The van der Waals surface area contributed by atoms with E-state index in [-0.39, 0.29) is 5.91 Å². The average molecular weight is 388 g/mol. The van der Waals surface area contributed by atoms with Crippen LogP contribution in [0.15, 0.2) is 77.9 Å². The third-order valence-corrected chi connectivity index (χ3v) is 4.08. The van der Waals surface area contributed by atoms with E-state index in [0.29, 0.717) is 22.6 Å². The van der Waals surface area contributed by atoms with E-state index in [1.165, 1.54) is 6.21 Å². The number of rotatable bonds is 6. The zero-order valence-corrected chi connectivity index (χ0v) is 16.1. The molecule has 0 aliphatic heterocycles. The van der Waals surface area contributed by atoms with Crippen LogP contribution in [0.1, 0.15) is 31.8 Å². The fourth-order valence-corrected chi connectivity index (χ4v) is 2.53. The maximum absolute atomic E-state index is 12.2. The van der Waals surface area contributed by atoms with Crippen molar-refractivity contribution in [3.8, 4) is 11.5 Å². The molecule has 1 amide bonds. The largest absolute Gasteiger partial charge is 0.497 e. The van der Waals surface area contributed by atoms with E-state index in [9.17, 15) is 9.59 Å². The van der Waals surface area contributed by atoms with Crippen LogP contribution in [-0.2, 0) is 0 Å². The summed E-state index contributed by atoms with van der Waals surface area (Å²) in [6, 6.07) is 20.7. The molecule has 0 spiro atoms. The minimum Gasteiger partial charge on any atom is -0.497 e. The van der Waals surface area contributed by atoms with Crippen LogP contribution in [0.3, 0.4) is 0 Å². The maximum Gasteiger partial charge on any atom is 0.343 e. The van der Waals surface area contributed by atoms with Crippen molar-refractivity contribution in [1.29, 1.82) is 0 Å². The minimum absolute atomic E-state index is 0.326. The van der Waals surface area contributed by atoms with E-state index in [2.05, 4.69) is 10.5 Å². The zero-order valence-electron chi connectivity index (χ0n) is 16.1. The Labute approximate surface area is 168 Å². The van der Waals surface area contributed by atoms with Crippen LogP contribution < -0.4 is 14.9 Å². The number of ether oxygens (including phenoxy) is 2. The fourth-order valence-electron chi connectivity index (χ4n) is 2.53. The molecule has 0 heterocycles. The molecule has 3 aromatic rings. The van der Waals surface area contributed by atoms with Crippen molar-refractivity contribution in [2.75, 3.05) is 7.11 Å². The van der Waals surface area contributed by atoms with Crippen LogP contribution >= 0.6 is 0 Å². The third-order valence-electron chi connectivity index (χ3n) is 4.08. The van der Waals surface area contributed by atoms with Gasteiger partial charge in [0.05, 0.1) is 18.9 Å². The Morgan fingerprint density at radius 3 is 2.24 bits per heavy atom. The molecule has 0 radical (unpaired) electrons. The predicted octanol–water partition coefficient (Wildman–Crippen LogP) is 3.99. The van der Waals surface area contributed by atoms with Gasteiger partial charge in [0.15, 0.2) is 0 Å². The highest BCUT2D eigenvalue weighted by Crippen LogP contribution is 2.14. The molecular weight excluding hydrogens is 368 g/mol. The van der Waals surface area contributed by atoms with Crippen molar-refractivity contribution < 1.29 is 19.1 Å². The third kappa shape index (κ3) is 5.52. The maximum atomic E-state index is 12.2. The molecule has 0 unspecified atom stereocenters. The van der Waals surface area contributed by atoms with Crippen molar-refractivity contribution in [1.82, 2.24) is 5.43 Å². The van der Waals surface area contributed by atoms with Crippen molar-refractivity contribution in [2.24, 2.45) is 5.10 Å². The molecule has 0 saturated carbocycles. The highest BCUT2D eigenvalue weighted by molar-refractivity contribution is 5.95. The number of esters is 1. The Hall–Kier alpha value is -3.93. The smallest absolute Gasteiger partial charge is 0.343 e.